The molecular weight excluding hydrogens is 498 g/mol. The summed E-state index contributed by atoms with van der Waals surface area (Å²) < 4.78 is 5.84. The molecule has 2 amide bonds. The highest BCUT2D eigenvalue weighted by Crippen LogP contribution is 2.26. The second-order valence-corrected chi connectivity index (χ2v) is 10.5. The Balaban J connectivity index is 1.81. The summed E-state index contributed by atoms with van der Waals surface area (Å²) >= 11 is 0. The van der Waals surface area contributed by atoms with Gasteiger partial charge in [-0.25, -0.2) is 0 Å². The number of amides is 2. The van der Waals surface area contributed by atoms with Gasteiger partial charge in [0.15, 0.2) is 0 Å². The summed E-state index contributed by atoms with van der Waals surface area (Å²) in [6.45, 7) is 11.7. The average molecular weight is 542 g/mol. The van der Waals surface area contributed by atoms with E-state index in [9.17, 15) is 14.4 Å². The summed E-state index contributed by atoms with van der Waals surface area (Å²) in [5.41, 5.74) is 6.04. The smallest absolute Gasteiger partial charge is 0.310 e. The van der Waals surface area contributed by atoms with Gasteiger partial charge >= 0.3 is 5.97 Å². The van der Waals surface area contributed by atoms with Crippen LogP contribution in [0.4, 0.5) is 0 Å². The van der Waals surface area contributed by atoms with E-state index in [1.54, 1.807) is 18.2 Å². The molecule has 5 nitrogen and oxygen atoms in total. The zero-order valence-electron chi connectivity index (χ0n) is 23.8. The van der Waals surface area contributed by atoms with Crippen molar-refractivity contribution in [3.05, 3.63) is 107 Å². The van der Waals surface area contributed by atoms with Crippen molar-refractivity contribution in [2.75, 3.05) is 0 Å². The van der Waals surface area contributed by atoms with Crippen LogP contribution >= 0.6 is 0 Å². The van der Waals surface area contributed by atoms with Gasteiger partial charge in [0, 0.05) is 0 Å². The molecule has 0 saturated carbocycles. The summed E-state index contributed by atoms with van der Waals surface area (Å²) in [7, 11) is 0. The minimum atomic E-state index is -0.462. The Morgan fingerprint density at radius 1 is 0.750 bits per heavy atom. The molecular formula is C35H43NO4. The Labute approximate surface area is 239 Å². The SMILES string of the molecule is C=CCCCCc1cc(CCCCC=C)c(COC(=O)Cc2cccc3c2C(=O)NC3=O)c(CCCCC=C)c1. The molecule has 0 saturated heterocycles. The van der Waals surface area contributed by atoms with Gasteiger partial charge in [0.25, 0.3) is 11.8 Å². The lowest BCUT2D eigenvalue weighted by Crippen LogP contribution is -2.20. The number of nitrogens with one attached hydrogen (secondary N) is 1. The van der Waals surface area contributed by atoms with E-state index >= 15 is 0 Å². The van der Waals surface area contributed by atoms with E-state index in [2.05, 4.69) is 37.2 Å². The number of carbonyl (C=O) groups excluding carboxylic acids is 3. The Morgan fingerprint density at radius 2 is 1.32 bits per heavy atom. The first kappa shape index (κ1) is 30.8. The molecule has 0 fully saturated rings. The van der Waals surface area contributed by atoms with Crippen LogP contribution in [0.2, 0.25) is 0 Å². The Morgan fingerprint density at radius 3 is 1.90 bits per heavy atom. The van der Waals surface area contributed by atoms with E-state index in [0.29, 0.717) is 11.1 Å². The second-order valence-electron chi connectivity index (χ2n) is 10.5. The minimum absolute atomic E-state index is 0.0609. The van der Waals surface area contributed by atoms with Gasteiger partial charge in [-0.2, -0.15) is 0 Å². The first-order valence-corrected chi connectivity index (χ1v) is 14.6. The van der Waals surface area contributed by atoms with Crippen LogP contribution in [0.1, 0.15) is 106 Å². The standard InChI is InChI=1S/C35H43NO4/c1-4-7-10-13-17-26-22-27(18-14-11-8-5-2)31(28(23-26)19-15-12-9-6-3)25-40-32(37)24-29-20-16-21-30-33(29)35(39)36-34(30)38/h4-6,16,20-23H,1-3,7-15,17-19,24-25H2,(H,36,38,39). The molecule has 0 aliphatic carbocycles. The van der Waals surface area contributed by atoms with Crippen LogP contribution in [0.25, 0.3) is 0 Å². The van der Waals surface area contributed by atoms with Crippen molar-refractivity contribution in [2.24, 2.45) is 0 Å². The van der Waals surface area contributed by atoms with Crippen LogP contribution in [0.3, 0.4) is 0 Å². The molecule has 0 bridgehead atoms. The van der Waals surface area contributed by atoms with Crippen molar-refractivity contribution < 1.29 is 19.1 Å². The summed E-state index contributed by atoms with van der Waals surface area (Å²) in [6, 6.07) is 9.60. The number of hydrogen-bond donors (Lipinski definition) is 1. The van der Waals surface area contributed by atoms with E-state index in [0.717, 1.165) is 82.6 Å². The molecule has 1 N–H and O–H groups in total. The number of ether oxygens (including phenoxy) is 1. The summed E-state index contributed by atoms with van der Waals surface area (Å²) in [4.78, 5) is 37.3. The molecule has 1 heterocycles. The lowest BCUT2D eigenvalue weighted by molar-refractivity contribution is -0.144. The number of unbranched alkanes of at least 4 members (excludes halogenated alkanes) is 6. The number of hydrogen-bond acceptors (Lipinski definition) is 4. The highest BCUT2D eigenvalue weighted by molar-refractivity contribution is 6.22. The maximum atomic E-state index is 13.0. The topological polar surface area (TPSA) is 72.5 Å². The van der Waals surface area contributed by atoms with E-state index in [1.807, 2.05) is 18.2 Å². The number of benzene rings is 2. The molecule has 40 heavy (non-hydrogen) atoms. The average Bonchev–Trinajstić information content (AvgIpc) is 3.24. The van der Waals surface area contributed by atoms with Gasteiger partial charge in [0.2, 0.25) is 0 Å². The van der Waals surface area contributed by atoms with Gasteiger partial charge in [0.1, 0.15) is 6.61 Å². The number of esters is 1. The fourth-order valence-electron chi connectivity index (χ4n) is 5.27. The maximum absolute atomic E-state index is 13.0. The summed E-state index contributed by atoms with van der Waals surface area (Å²) in [5.74, 6) is -1.30. The fourth-order valence-corrected chi connectivity index (χ4v) is 5.27. The summed E-state index contributed by atoms with van der Waals surface area (Å²) in [6.07, 6.45) is 18.2. The number of carbonyl (C=O) groups is 3. The van der Waals surface area contributed by atoms with Crippen molar-refractivity contribution in [1.29, 1.82) is 0 Å². The lowest BCUT2D eigenvalue weighted by Gasteiger charge is -2.18. The van der Waals surface area contributed by atoms with Crippen LogP contribution in [-0.2, 0) is 41.8 Å². The quantitative estimate of drug-likeness (QED) is 0.0862. The van der Waals surface area contributed by atoms with Gasteiger partial charge in [-0.05, 0) is 111 Å². The van der Waals surface area contributed by atoms with Crippen molar-refractivity contribution in [1.82, 2.24) is 5.32 Å². The minimum Gasteiger partial charge on any atom is -0.461 e. The van der Waals surface area contributed by atoms with Gasteiger partial charge < -0.3 is 4.74 Å². The number of rotatable bonds is 19. The fraction of sp³-hybridized carbons (Fsp3) is 0.400. The van der Waals surface area contributed by atoms with Gasteiger partial charge in [0.05, 0.1) is 17.5 Å². The molecule has 5 heteroatoms. The highest BCUT2D eigenvalue weighted by atomic mass is 16.5. The molecule has 0 atom stereocenters. The van der Waals surface area contributed by atoms with E-state index in [-0.39, 0.29) is 18.6 Å². The largest absolute Gasteiger partial charge is 0.461 e. The zero-order chi connectivity index (χ0) is 28.7. The third-order valence-electron chi connectivity index (χ3n) is 7.39. The number of imide groups is 1. The Kier molecular flexibility index (Phi) is 12.6. The lowest BCUT2D eigenvalue weighted by atomic mass is 9.90. The van der Waals surface area contributed by atoms with Gasteiger partial charge in [-0.3, -0.25) is 19.7 Å². The first-order valence-electron chi connectivity index (χ1n) is 14.6. The summed E-state index contributed by atoms with van der Waals surface area (Å²) in [5, 5.41) is 2.31. The molecule has 0 unspecified atom stereocenters. The molecule has 2 aromatic rings. The third-order valence-corrected chi connectivity index (χ3v) is 7.39. The second kappa shape index (κ2) is 16.4. The third kappa shape index (κ3) is 8.90. The van der Waals surface area contributed by atoms with Gasteiger partial charge in [-0.15, -0.1) is 19.7 Å². The monoisotopic (exact) mass is 541 g/mol. The molecule has 3 rings (SSSR count). The van der Waals surface area contributed by atoms with Crippen LogP contribution in [0.15, 0.2) is 68.3 Å². The molecule has 212 valence electrons. The predicted molar refractivity (Wildman–Crippen MR) is 161 cm³/mol. The van der Waals surface area contributed by atoms with Crippen LogP contribution in [0.5, 0.6) is 0 Å². The van der Waals surface area contributed by atoms with Crippen molar-refractivity contribution >= 4 is 17.8 Å². The first-order chi connectivity index (χ1) is 19.5. The van der Waals surface area contributed by atoms with Crippen LogP contribution < -0.4 is 5.32 Å². The Bertz CT molecular complexity index is 1190. The van der Waals surface area contributed by atoms with Crippen molar-refractivity contribution in [2.45, 2.75) is 90.1 Å². The van der Waals surface area contributed by atoms with E-state index in [1.165, 1.54) is 16.7 Å². The number of aryl methyl sites for hydroxylation is 3. The molecule has 0 spiro atoms. The van der Waals surface area contributed by atoms with E-state index in [4.69, 9.17) is 4.74 Å². The van der Waals surface area contributed by atoms with Crippen LogP contribution in [-0.4, -0.2) is 17.8 Å². The van der Waals surface area contributed by atoms with Crippen molar-refractivity contribution in [3.63, 3.8) is 0 Å². The molecule has 2 aromatic carbocycles. The number of fused-ring (bicyclic) bond motifs is 1. The van der Waals surface area contributed by atoms with Crippen molar-refractivity contribution in [3.8, 4) is 0 Å². The Hall–Kier alpha value is -3.73. The van der Waals surface area contributed by atoms with E-state index < -0.39 is 17.8 Å². The van der Waals surface area contributed by atoms with Gasteiger partial charge in [-0.1, -0.05) is 42.5 Å². The maximum Gasteiger partial charge on any atom is 0.310 e. The highest BCUT2D eigenvalue weighted by Gasteiger charge is 2.29. The molecule has 1 aliphatic rings. The number of allylic oxidation sites excluding steroid dienone is 3. The predicted octanol–water partition coefficient (Wildman–Crippen LogP) is 7.55. The molecule has 0 aromatic heterocycles. The normalized spacial score (nSPS) is 12.1. The molecule has 0 radical (unpaired) electrons. The zero-order valence-corrected chi connectivity index (χ0v) is 23.8. The molecule has 1 aliphatic heterocycles. The van der Waals surface area contributed by atoms with Crippen LogP contribution in [0, 0.1) is 0 Å².